The van der Waals surface area contributed by atoms with E-state index in [9.17, 15) is 9.59 Å². The van der Waals surface area contributed by atoms with Gasteiger partial charge in [-0.05, 0) is 61.8 Å². The van der Waals surface area contributed by atoms with Crippen LogP contribution in [0, 0.1) is 5.92 Å². The van der Waals surface area contributed by atoms with E-state index in [0.29, 0.717) is 12.5 Å². The van der Waals surface area contributed by atoms with Gasteiger partial charge in [0.2, 0.25) is 5.91 Å². The van der Waals surface area contributed by atoms with Crippen LogP contribution in [0.4, 0.5) is 0 Å². The summed E-state index contributed by atoms with van der Waals surface area (Å²) in [5.74, 6) is 0.438. The first kappa shape index (κ1) is 18.9. The molecule has 1 aromatic rings. The number of ketones is 1. The number of aryl methyl sites for hydroxylation is 2. The highest BCUT2D eigenvalue weighted by atomic mass is 35.5. The summed E-state index contributed by atoms with van der Waals surface area (Å²) in [6.45, 7) is 0.624. The molecule has 1 amide bonds. The Bertz CT molecular complexity index is 603. The van der Waals surface area contributed by atoms with Crippen LogP contribution >= 0.6 is 12.4 Å². The van der Waals surface area contributed by atoms with Crippen molar-refractivity contribution in [1.29, 1.82) is 0 Å². The first-order valence-electron chi connectivity index (χ1n) is 8.82. The average molecular weight is 351 g/mol. The Morgan fingerprint density at radius 3 is 2.67 bits per heavy atom. The van der Waals surface area contributed by atoms with Crippen LogP contribution < -0.4 is 11.1 Å². The number of Topliss-reactive ketones (excluding diaryl/α,β-unsaturated/α-hetero) is 1. The summed E-state index contributed by atoms with van der Waals surface area (Å²) in [5, 5.41) is 3.06. The van der Waals surface area contributed by atoms with Crippen molar-refractivity contribution >= 4 is 24.1 Å². The number of fused-ring (bicyclic) bond motifs is 1. The van der Waals surface area contributed by atoms with Gasteiger partial charge in [-0.1, -0.05) is 18.6 Å². The van der Waals surface area contributed by atoms with Gasteiger partial charge in [0.1, 0.15) is 0 Å². The van der Waals surface area contributed by atoms with Crippen molar-refractivity contribution in [3.8, 4) is 0 Å². The Balaban J connectivity index is 0.00000208. The fourth-order valence-corrected chi connectivity index (χ4v) is 3.90. The summed E-state index contributed by atoms with van der Waals surface area (Å²) in [6, 6.07) is 6.19. The Kier molecular flexibility index (Phi) is 6.81. The third-order valence-electron chi connectivity index (χ3n) is 5.31. The lowest BCUT2D eigenvalue weighted by molar-refractivity contribution is -0.122. The van der Waals surface area contributed by atoms with Crippen LogP contribution in [0.5, 0.6) is 0 Å². The Labute approximate surface area is 150 Å². The second-order valence-corrected chi connectivity index (χ2v) is 6.86. The fraction of sp³-hybridized carbons (Fsp3) is 0.579. The van der Waals surface area contributed by atoms with E-state index in [1.165, 1.54) is 17.5 Å². The van der Waals surface area contributed by atoms with Gasteiger partial charge >= 0.3 is 0 Å². The molecule has 0 heterocycles. The maximum atomic E-state index is 12.3. The van der Waals surface area contributed by atoms with Crippen LogP contribution in [-0.2, 0) is 17.6 Å². The quantitative estimate of drug-likeness (QED) is 0.775. The summed E-state index contributed by atoms with van der Waals surface area (Å²) in [7, 11) is 0. The van der Waals surface area contributed by atoms with E-state index in [2.05, 4.69) is 11.4 Å². The SMILES string of the molecule is Cl.NCC1CCCC1NC(=O)CCC(=O)c1ccc2c(c1)CCC2. The monoisotopic (exact) mass is 350 g/mol. The molecule has 1 saturated carbocycles. The van der Waals surface area contributed by atoms with Crippen LogP contribution in [0.1, 0.15) is 60.0 Å². The molecule has 5 heteroatoms. The zero-order valence-electron chi connectivity index (χ0n) is 14.1. The van der Waals surface area contributed by atoms with Crippen LogP contribution in [0.3, 0.4) is 0 Å². The largest absolute Gasteiger partial charge is 0.353 e. The topological polar surface area (TPSA) is 72.2 Å². The van der Waals surface area contributed by atoms with Crippen molar-refractivity contribution in [2.45, 2.75) is 57.4 Å². The van der Waals surface area contributed by atoms with Crippen molar-refractivity contribution < 1.29 is 9.59 Å². The third kappa shape index (κ3) is 4.37. The van der Waals surface area contributed by atoms with Gasteiger partial charge in [-0.2, -0.15) is 0 Å². The number of hydrogen-bond donors (Lipinski definition) is 2. The van der Waals surface area contributed by atoms with Gasteiger partial charge in [-0.15, -0.1) is 12.4 Å². The molecular formula is C19H27ClN2O2. The van der Waals surface area contributed by atoms with E-state index in [1.807, 2.05) is 12.1 Å². The second-order valence-electron chi connectivity index (χ2n) is 6.86. The minimum atomic E-state index is -0.0233. The number of rotatable bonds is 6. The van der Waals surface area contributed by atoms with E-state index < -0.39 is 0 Å². The van der Waals surface area contributed by atoms with Gasteiger partial charge in [0, 0.05) is 24.4 Å². The molecular weight excluding hydrogens is 324 g/mol. The fourth-order valence-electron chi connectivity index (χ4n) is 3.90. The van der Waals surface area contributed by atoms with Crippen molar-refractivity contribution in [3.05, 3.63) is 34.9 Å². The third-order valence-corrected chi connectivity index (χ3v) is 5.31. The Hall–Kier alpha value is -1.39. The smallest absolute Gasteiger partial charge is 0.220 e. The molecule has 1 fully saturated rings. The molecule has 0 saturated heterocycles. The van der Waals surface area contributed by atoms with Gasteiger partial charge < -0.3 is 11.1 Å². The number of nitrogens with one attached hydrogen (secondary N) is 1. The zero-order chi connectivity index (χ0) is 16.2. The summed E-state index contributed by atoms with van der Waals surface area (Å²) < 4.78 is 0. The first-order chi connectivity index (χ1) is 11.2. The van der Waals surface area contributed by atoms with Crippen LogP contribution in [0.15, 0.2) is 18.2 Å². The Morgan fingerprint density at radius 2 is 1.88 bits per heavy atom. The van der Waals surface area contributed by atoms with Crippen molar-refractivity contribution in [2.24, 2.45) is 11.7 Å². The van der Waals surface area contributed by atoms with Crippen molar-refractivity contribution in [1.82, 2.24) is 5.32 Å². The molecule has 2 aliphatic carbocycles. The first-order valence-corrected chi connectivity index (χ1v) is 8.82. The molecule has 4 nitrogen and oxygen atoms in total. The number of hydrogen-bond acceptors (Lipinski definition) is 3. The molecule has 3 N–H and O–H groups in total. The van der Waals surface area contributed by atoms with Crippen LogP contribution in [0.25, 0.3) is 0 Å². The van der Waals surface area contributed by atoms with Crippen molar-refractivity contribution in [2.75, 3.05) is 6.54 Å². The predicted molar refractivity (Wildman–Crippen MR) is 97.6 cm³/mol. The van der Waals surface area contributed by atoms with Gasteiger partial charge in [0.25, 0.3) is 0 Å². The van der Waals surface area contributed by atoms with Crippen molar-refractivity contribution in [3.63, 3.8) is 0 Å². The standard InChI is InChI=1S/C19H26N2O2.ClH/c20-12-16-5-2-6-17(16)21-19(23)10-9-18(22)15-8-7-13-3-1-4-14(13)11-15;/h7-8,11,16-17H,1-6,9-10,12,20H2,(H,21,23);1H. The summed E-state index contributed by atoms with van der Waals surface area (Å²) in [6.07, 6.45) is 7.14. The molecule has 1 aromatic carbocycles. The van der Waals surface area contributed by atoms with Gasteiger partial charge in [-0.25, -0.2) is 0 Å². The van der Waals surface area contributed by atoms with Gasteiger partial charge in [0.05, 0.1) is 0 Å². The van der Waals surface area contributed by atoms with E-state index in [0.717, 1.165) is 37.7 Å². The summed E-state index contributed by atoms with van der Waals surface area (Å²) in [4.78, 5) is 24.4. The molecule has 0 aliphatic heterocycles. The molecule has 0 radical (unpaired) electrons. The summed E-state index contributed by atoms with van der Waals surface area (Å²) >= 11 is 0. The van der Waals surface area contributed by atoms with Gasteiger partial charge in [-0.3, -0.25) is 9.59 Å². The van der Waals surface area contributed by atoms with E-state index in [-0.39, 0.29) is 43.0 Å². The molecule has 2 aliphatic rings. The predicted octanol–water partition coefficient (Wildman–Crippen LogP) is 2.80. The van der Waals surface area contributed by atoms with Crippen LogP contribution in [-0.4, -0.2) is 24.3 Å². The minimum Gasteiger partial charge on any atom is -0.353 e. The molecule has 0 aromatic heterocycles. The Morgan fingerprint density at radius 1 is 1.08 bits per heavy atom. The lowest BCUT2D eigenvalue weighted by Crippen LogP contribution is -2.39. The molecule has 0 bridgehead atoms. The van der Waals surface area contributed by atoms with E-state index in [4.69, 9.17) is 5.73 Å². The maximum Gasteiger partial charge on any atom is 0.220 e. The highest BCUT2D eigenvalue weighted by molar-refractivity contribution is 5.98. The second kappa shape index (κ2) is 8.63. The molecule has 2 unspecified atom stereocenters. The number of amides is 1. The number of nitrogens with two attached hydrogens (primary N) is 1. The van der Waals surface area contributed by atoms with E-state index in [1.54, 1.807) is 0 Å². The van der Waals surface area contributed by atoms with Gasteiger partial charge in [0.15, 0.2) is 5.78 Å². The highest BCUT2D eigenvalue weighted by Crippen LogP contribution is 2.25. The lowest BCUT2D eigenvalue weighted by atomic mass is 10.0. The number of carbonyl (C=O) groups is 2. The normalized spacial score (nSPS) is 21.9. The maximum absolute atomic E-state index is 12.3. The number of carbonyl (C=O) groups excluding carboxylic acids is 2. The number of halogens is 1. The lowest BCUT2D eigenvalue weighted by Gasteiger charge is -2.19. The zero-order valence-corrected chi connectivity index (χ0v) is 14.9. The highest BCUT2D eigenvalue weighted by Gasteiger charge is 2.27. The molecule has 0 spiro atoms. The van der Waals surface area contributed by atoms with E-state index >= 15 is 0 Å². The minimum absolute atomic E-state index is 0. The molecule has 3 rings (SSSR count). The number of benzene rings is 1. The molecule has 132 valence electrons. The molecule has 24 heavy (non-hydrogen) atoms. The average Bonchev–Trinajstić information content (AvgIpc) is 3.20. The molecule has 2 atom stereocenters. The summed E-state index contributed by atoms with van der Waals surface area (Å²) in [5.41, 5.74) is 9.16. The van der Waals surface area contributed by atoms with Crippen LogP contribution in [0.2, 0.25) is 0 Å².